The molecular weight excluding hydrogens is 298 g/mol. The maximum Gasteiger partial charge on any atom is 0.223 e. The Labute approximate surface area is 145 Å². The number of amides is 1. The molecule has 1 saturated carbocycles. The molecule has 2 aliphatic rings. The average Bonchev–Trinajstić information content (AvgIpc) is 3.10. The summed E-state index contributed by atoms with van der Waals surface area (Å²) in [5.74, 6) is 0.675. The van der Waals surface area contributed by atoms with Crippen molar-refractivity contribution in [3.63, 3.8) is 0 Å². The maximum atomic E-state index is 12.5. The van der Waals surface area contributed by atoms with Gasteiger partial charge in [-0.15, -0.1) is 0 Å². The Bertz CT molecular complexity index is 539. The van der Waals surface area contributed by atoms with E-state index in [1.807, 2.05) is 0 Å². The molecule has 3 rings (SSSR count). The fourth-order valence-corrected chi connectivity index (χ4v) is 4.22. The van der Waals surface area contributed by atoms with Crippen molar-refractivity contribution in [1.29, 1.82) is 0 Å². The number of likely N-dealkylation sites (tertiary alicyclic amines) is 1. The molecule has 0 aromatic heterocycles. The lowest BCUT2D eigenvalue weighted by Gasteiger charge is -2.27. The highest BCUT2D eigenvalue weighted by molar-refractivity contribution is 5.79. The van der Waals surface area contributed by atoms with Gasteiger partial charge < -0.3 is 11.1 Å². The van der Waals surface area contributed by atoms with Gasteiger partial charge in [0.05, 0.1) is 0 Å². The number of nitrogens with zero attached hydrogens (tertiary/aromatic N) is 1. The van der Waals surface area contributed by atoms with Crippen LogP contribution in [0.25, 0.3) is 0 Å². The summed E-state index contributed by atoms with van der Waals surface area (Å²) in [6.07, 6.45) is 7.19. The van der Waals surface area contributed by atoms with Crippen LogP contribution in [0.1, 0.15) is 49.7 Å². The maximum absolute atomic E-state index is 12.5. The van der Waals surface area contributed by atoms with Gasteiger partial charge in [-0.25, -0.2) is 0 Å². The molecule has 1 aliphatic heterocycles. The standard InChI is InChI=1S/C20H31N3O/c21-13-16-9-6-10-19(16)20(24)22-14-17-7-2-3-8-18(17)15-23-11-4-1-5-12-23/h2-3,7-8,16,19H,1,4-6,9-15,21H2,(H,22,24)/t16-,19-/m1/s1. The fraction of sp³-hybridized carbons (Fsp3) is 0.650. The summed E-state index contributed by atoms with van der Waals surface area (Å²) < 4.78 is 0. The van der Waals surface area contributed by atoms with Crippen LogP contribution in [0.4, 0.5) is 0 Å². The molecule has 1 aliphatic carbocycles. The van der Waals surface area contributed by atoms with Crippen LogP contribution in [0.5, 0.6) is 0 Å². The van der Waals surface area contributed by atoms with Crippen LogP contribution in [-0.4, -0.2) is 30.4 Å². The first-order chi connectivity index (χ1) is 11.8. The monoisotopic (exact) mass is 329 g/mol. The molecule has 1 aromatic carbocycles. The summed E-state index contributed by atoms with van der Waals surface area (Å²) in [5.41, 5.74) is 8.41. The Kier molecular flexibility index (Phi) is 6.27. The van der Waals surface area contributed by atoms with Crippen LogP contribution in [0, 0.1) is 11.8 Å². The van der Waals surface area contributed by atoms with Crippen molar-refractivity contribution in [3.8, 4) is 0 Å². The normalized spacial score (nSPS) is 24.9. The molecule has 4 heteroatoms. The molecule has 2 fully saturated rings. The summed E-state index contributed by atoms with van der Waals surface area (Å²) in [6, 6.07) is 8.52. The number of hydrogen-bond acceptors (Lipinski definition) is 3. The third-order valence-electron chi connectivity index (χ3n) is 5.71. The summed E-state index contributed by atoms with van der Waals surface area (Å²) in [5, 5.41) is 3.17. The third-order valence-corrected chi connectivity index (χ3v) is 5.71. The second kappa shape index (κ2) is 8.63. The Balaban J connectivity index is 1.57. The first-order valence-corrected chi connectivity index (χ1v) is 9.55. The lowest BCUT2D eigenvalue weighted by Crippen LogP contribution is -2.35. The molecule has 2 atom stereocenters. The van der Waals surface area contributed by atoms with Gasteiger partial charge in [-0.1, -0.05) is 37.1 Å². The van der Waals surface area contributed by atoms with E-state index >= 15 is 0 Å². The van der Waals surface area contributed by atoms with Gasteiger partial charge in [-0.05, 0) is 62.4 Å². The van der Waals surface area contributed by atoms with E-state index in [1.54, 1.807) is 0 Å². The lowest BCUT2D eigenvalue weighted by molar-refractivity contribution is -0.126. The predicted molar refractivity (Wildman–Crippen MR) is 97.3 cm³/mol. The number of carbonyl (C=O) groups excluding carboxylic acids is 1. The molecule has 3 N–H and O–H groups in total. The van der Waals surface area contributed by atoms with E-state index in [-0.39, 0.29) is 11.8 Å². The van der Waals surface area contributed by atoms with Crippen molar-refractivity contribution in [3.05, 3.63) is 35.4 Å². The first kappa shape index (κ1) is 17.4. The second-order valence-corrected chi connectivity index (χ2v) is 7.36. The van der Waals surface area contributed by atoms with Crippen LogP contribution in [0.15, 0.2) is 24.3 Å². The molecule has 4 nitrogen and oxygen atoms in total. The average molecular weight is 329 g/mol. The van der Waals surface area contributed by atoms with Gasteiger partial charge in [0.25, 0.3) is 0 Å². The summed E-state index contributed by atoms with van der Waals surface area (Å²) >= 11 is 0. The zero-order valence-electron chi connectivity index (χ0n) is 14.7. The van der Waals surface area contributed by atoms with Crippen LogP contribution in [0.3, 0.4) is 0 Å². The number of benzene rings is 1. The minimum Gasteiger partial charge on any atom is -0.352 e. The van der Waals surface area contributed by atoms with Crippen molar-refractivity contribution < 1.29 is 4.79 Å². The van der Waals surface area contributed by atoms with Gasteiger partial charge in [0.1, 0.15) is 0 Å². The number of nitrogens with two attached hydrogens (primary N) is 1. The lowest BCUT2D eigenvalue weighted by atomic mass is 9.95. The second-order valence-electron chi connectivity index (χ2n) is 7.36. The molecule has 0 unspecified atom stereocenters. The first-order valence-electron chi connectivity index (χ1n) is 9.55. The number of piperidine rings is 1. The fourth-order valence-electron chi connectivity index (χ4n) is 4.22. The SMILES string of the molecule is NC[C@H]1CCC[C@H]1C(=O)NCc1ccccc1CN1CCCCC1. The van der Waals surface area contributed by atoms with Crippen LogP contribution < -0.4 is 11.1 Å². The molecule has 0 bridgehead atoms. The molecule has 24 heavy (non-hydrogen) atoms. The Hall–Kier alpha value is -1.39. The molecule has 1 saturated heterocycles. The smallest absolute Gasteiger partial charge is 0.223 e. The number of nitrogens with one attached hydrogen (secondary N) is 1. The van der Waals surface area contributed by atoms with E-state index in [0.29, 0.717) is 19.0 Å². The Morgan fingerprint density at radius 2 is 1.83 bits per heavy atom. The highest BCUT2D eigenvalue weighted by Gasteiger charge is 2.31. The topological polar surface area (TPSA) is 58.4 Å². The van der Waals surface area contributed by atoms with Crippen molar-refractivity contribution in [2.45, 2.75) is 51.6 Å². The van der Waals surface area contributed by atoms with Crippen molar-refractivity contribution >= 4 is 5.91 Å². The predicted octanol–water partition coefficient (Wildman–Crippen LogP) is 2.66. The molecule has 1 aromatic rings. The van der Waals surface area contributed by atoms with Gasteiger partial charge >= 0.3 is 0 Å². The van der Waals surface area contributed by atoms with Crippen molar-refractivity contribution in [1.82, 2.24) is 10.2 Å². The van der Waals surface area contributed by atoms with Crippen molar-refractivity contribution in [2.75, 3.05) is 19.6 Å². The van der Waals surface area contributed by atoms with E-state index in [1.165, 1.54) is 43.5 Å². The molecular formula is C20H31N3O. The van der Waals surface area contributed by atoms with E-state index in [0.717, 1.165) is 25.8 Å². The largest absolute Gasteiger partial charge is 0.352 e. The van der Waals surface area contributed by atoms with Gasteiger partial charge in [-0.3, -0.25) is 9.69 Å². The Morgan fingerprint density at radius 1 is 1.08 bits per heavy atom. The van der Waals surface area contributed by atoms with E-state index in [9.17, 15) is 4.79 Å². The van der Waals surface area contributed by atoms with E-state index < -0.39 is 0 Å². The minimum atomic E-state index is 0.115. The molecule has 1 heterocycles. The highest BCUT2D eigenvalue weighted by atomic mass is 16.1. The Morgan fingerprint density at radius 3 is 2.58 bits per heavy atom. The van der Waals surface area contributed by atoms with E-state index in [2.05, 4.69) is 34.5 Å². The number of hydrogen-bond donors (Lipinski definition) is 2. The van der Waals surface area contributed by atoms with Gasteiger partial charge in [0.2, 0.25) is 5.91 Å². The van der Waals surface area contributed by atoms with Crippen LogP contribution >= 0.6 is 0 Å². The summed E-state index contributed by atoms with van der Waals surface area (Å²) in [4.78, 5) is 15.0. The quantitative estimate of drug-likeness (QED) is 0.843. The molecule has 0 spiro atoms. The molecule has 0 radical (unpaired) electrons. The number of rotatable bonds is 6. The van der Waals surface area contributed by atoms with Gasteiger partial charge in [0.15, 0.2) is 0 Å². The van der Waals surface area contributed by atoms with Gasteiger partial charge in [0, 0.05) is 19.0 Å². The highest BCUT2D eigenvalue weighted by Crippen LogP contribution is 2.31. The van der Waals surface area contributed by atoms with Crippen LogP contribution in [-0.2, 0) is 17.9 Å². The molecule has 1 amide bonds. The van der Waals surface area contributed by atoms with Gasteiger partial charge in [-0.2, -0.15) is 0 Å². The van der Waals surface area contributed by atoms with Crippen molar-refractivity contribution in [2.24, 2.45) is 17.6 Å². The van der Waals surface area contributed by atoms with E-state index in [4.69, 9.17) is 5.73 Å². The minimum absolute atomic E-state index is 0.115. The summed E-state index contributed by atoms with van der Waals surface area (Å²) in [7, 11) is 0. The molecule has 132 valence electrons. The van der Waals surface area contributed by atoms with Crippen LogP contribution in [0.2, 0.25) is 0 Å². The third kappa shape index (κ3) is 4.37. The zero-order valence-corrected chi connectivity index (χ0v) is 14.7. The zero-order chi connectivity index (χ0) is 16.8. The summed E-state index contributed by atoms with van der Waals surface area (Å²) in [6.45, 7) is 4.66. The number of carbonyl (C=O) groups is 1.